The van der Waals surface area contributed by atoms with Gasteiger partial charge in [-0.2, -0.15) is 10.5 Å². The molecule has 8 aromatic carbocycles. The molecule has 0 amide bonds. The summed E-state index contributed by atoms with van der Waals surface area (Å²) in [4.78, 5) is 19.3. The predicted molar refractivity (Wildman–Crippen MR) is 287 cm³/mol. The number of para-hydroxylation sites is 10. The Kier molecular flexibility index (Phi) is 11.8. The highest BCUT2D eigenvalue weighted by molar-refractivity contribution is 9.10. The summed E-state index contributed by atoms with van der Waals surface area (Å²) < 4.78 is 11.8. The number of nitrogens with two attached hydrogens (primary N) is 1. The molecule has 0 saturated heterocycles. The minimum atomic E-state index is 0. The van der Waals surface area contributed by atoms with Crippen molar-refractivity contribution in [1.82, 2.24) is 42.4 Å². The van der Waals surface area contributed by atoms with E-state index in [1.165, 1.54) is 0 Å². The number of anilines is 1. The number of imidazole rings is 4. The van der Waals surface area contributed by atoms with E-state index in [2.05, 4.69) is 91.6 Å². The van der Waals surface area contributed by atoms with Crippen molar-refractivity contribution in [2.75, 3.05) is 5.73 Å². The molecule has 0 fully saturated rings. The number of benzene rings is 8. The maximum atomic E-state index is 9.67. The summed E-state index contributed by atoms with van der Waals surface area (Å²) in [6, 6.07) is 67.6. The average molecular weight is 1030 g/mol. The maximum absolute atomic E-state index is 9.67. The van der Waals surface area contributed by atoms with E-state index in [9.17, 15) is 10.5 Å². The minimum absolute atomic E-state index is 0. The molecule has 0 atom stereocenters. The van der Waals surface area contributed by atoms with Crippen molar-refractivity contribution >= 4 is 113 Å². The first-order valence-electron chi connectivity index (χ1n) is 21.4. The highest BCUT2D eigenvalue weighted by Gasteiger charge is 2.21. The molecule has 5 heterocycles. The fraction of sp³-hybridized carbons (Fsp3) is 0. The molecular formula is C54H38BBr2N12-. The lowest BCUT2D eigenvalue weighted by molar-refractivity contribution is 0.979. The van der Waals surface area contributed by atoms with Gasteiger partial charge in [0.2, 0.25) is 11.6 Å². The molecule has 0 aliphatic carbocycles. The lowest BCUT2D eigenvalue weighted by atomic mass is 10.1. The smallest absolute Gasteiger partial charge is 0.223 e. The summed E-state index contributed by atoms with van der Waals surface area (Å²) in [6.07, 6.45) is 0. The molecule has 0 spiro atoms. The second-order valence-corrected chi connectivity index (χ2v) is 17.0. The Morgan fingerprint density at radius 2 is 0.812 bits per heavy atom. The van der Waals surface area contributed by atoms with E-state index >= 15 is 0 Å². The van der Waals surface area contributed by atoms with Gasteiger partial charge < -0.3 is 5.73 Å². The van der Waals surface area contributed by atoms with Crippen molar-refractivity contribution in [3.8, 4) is 29.2 Å². The Morgan fingerprint density at radius 3 is 1.32 bits per heavy atom. The Morgan fingerprint density at radius 1 is 0.391 bits per heavy atom. The van der Waals surface area contributed by atoms with Crippen molar-refractivity contribution < 1.29 is 0 Å². The van der Waals surface area contributed by atoms with Gasteiger partial charge in [-0.1, -0.05) is 93.3 Å². The van der Waals surface area contributed by atoms with Gasteiger partial charge in [-0.15, -0.1) is 0 Å². The standard InChI is InChI=1S/C27H16N6.C21H11Br2N5.C6H7N.BH4/c28-17-18-14-15-24-25(16-18)33-23-13-7-5-11-21(23)30-27(33)31(19-8-2-1-3-9-19)26-29-20-10-4-6-12-22(20)32(24)26;22-20-25-14-5-1-3-7-16(14)27(20)18-10-9-13(12-24)11-19(18)28-17-8-4-2-6-15(17)26-21(28)23;7-6-4-2-1-3-5-6;/h1-16H;1-11H;1-5H,7H2;1H4/q;;;-1. The van der Waals surface area contributed by atoms with E-state index in [0.717, 1.165) is 89.5 Å². The largest absolute Gasteiger partial charge is 0.399 e. The molecule has 332 valence electrons. The molecule has 13 aromatic rings. The van der Waals surface area contributed by atoms with Crippen LogP contribution in [0.25, 0.3) is 83.8 Å². The van der Waals surface area contributed by atoms with E-state index in [4.69, 9.17) is 15.7 Å². The van der Waals surface area contributed by atoms with E-state index in [1.54, 1.807) is 0 Å². The summed E-state index contributed by atoms with van der Waals surface area (Å²) in [7, 11) is 0. The van der Waals surface area contributed by atoms with Crippen LogP contribution in [0, 0.1) is 22.7 Å². The van der Waals surface area contributed by atoms with Crippen LogP contribution in [0.15, 0.2) is 204 Å². The van der Waals surface area contributed by atoms with Crippen LogP contribution >= 0.6 is 31.9 Å². The summed E-state index contributed by atoms with van der Waals surface area (Å²) in [6.45, 7) is 0. The molecule has 0 radical (unpaired) electrons. The number of aromatic nitrogens is 9. The summed E-state index contributed by atoms with van der Waals surface area (Å²) >= 11 is 7.19. The molecule has 0 aliphatic heterocycles. The van der Waals surface area contributed by atoms with Crippen LogP contribution in [0.3, 0.4) is 0 Å². The fourth-order valence-electron chi connectivity index (χ4n) is 8.53. The number of nitrogen functional groups attached to an aromatic ring is 1. The Hall–Kier alpha value is -8.76. The van der Waals surface area contributed by atoms with Crippen molar-refractivity contribution in [2.24, 2.45) is 0 Å². The maximum Gasteiger partial charge on any atom is 0.223 e. The third kappa shape index (κ3) is 7.85. The molecule has 0 bridgehead atoms. The van der Waals surface area contributed by atoms with Crippen molar-refractivity contribution in [3.63, 3.8) is 0 Å². The highest BCUT2D eigenvalue weighted by Crippen LogP contribution is 2.34. The van der Waals surface area contributed by atoms with Gasteiger partial charge in [-0.3, -0.25) is 17.9 Å². The van der Waals surface area contributed by atoms with Gasteiger partial charge >= 0.3 is 0 Å². The van der Waals surface area contributed by atoms with E-state index in [0.29, 0.717) is 20.6 Å². The zero-order chi connectivity index (χ0) is 46.3. The summed E-state index contributed by atoms with van der Waals surface area (Å²) in [5, 5.41) is 19.1. The molecule has 13 rings (SSSR count). The molecule has 0 aliphatic rings. The Labute approximate surface area is 412 Å². The molecule has 5 aromatic heterocycles. The van der Waals surface area contributed by atoms with Gasteiger partial charge in [0.15, 0.2) is 9.47 Å². The van der Waals surface area contributed by atoms with Crippen LogP contribution < -0.4 is 5.73 Å². The van der Waals surface area contributed by atoms with Gasteiger partial charge in [-0.05, 0) is 141 Å². The molecule has 12 nitrogen and oxygen atoms in total. The third-order valence-electron chi connectivity index (χ3n) is 11.5. The summed E-state index contributed by atoms with van der Waals surface area (Å²) in [5.41, 5.74) is 19.3. The number of fused-ring (bicyclic) bond motifs is 11. The van der Waals surface area contributed by atoms with Crippen LogP contribution in [0.5, 0.6) is 0 Å². The zero-order valence-electron chi connectivity index (χ0n) is 35.7. The van der Waals surface area contributed by atoms with Gasteiger partial charge in [0, 0.05) is 5.69 Å². The second-order valence-electron chi connectivity index (χ2n) is 15.6. The first kappa shape index (κ1) is 44.1. The molecule has 0 unspecified atom stereocenters. The predicted octanol–water partition coefficient (Wildman–Crippen LogP) is 11.2. The average Bonchev–Trinajstić information content (AvgIpc) is 4.12. The van der Waals surface area contributed by atoms with Crippen molar-refractivity contribution in [2.45, 2.75) is 0 Å². The van der Waals surface area contributed by atoms with Crippen LogP contribution in [-0.2, 0) is 0 Å². The molecule has 0 saturated carbocycles. The van der Waals surface area contributed by atoms with Gasteiger partial charge in [-0.25, -0.2) is 24.5 Å². The van der Waals surface area contributed by atoms with Crippen LogP contribution in [-0.4, -0.2) is 50.9 Å². The topological polar surface area (TPSA) is 149 Å². The number of halogens is 2. The zero-order valence-corrected chi connectivity index (χ0v) is 38.9. The molecular weight excluding hydrogens is 987 g/mol. The quantitative estimate of drug-likeness (QED) is 0.137. The van der Waals surface area contributed by atoms with E-state index < -0.39 is 0 Å². The number of rotatable bonds is 3. The monoisotopic (exact) mass is 1020 g/mol. The van der Waals surface area contributed by atoms with E-state index in [1.807, 2.05) is 179 Å². The SMILES string of the molecule is N#Cc1ccc(-n2c(Br)nc3ccccc32)c(-n2c(Br)nc3ccccc32)c1.N#Cc1ccc2c(c1)n1c3ccccc3nc1n(-c1ccccc1)c1nc3ccccc3n21.Nc1ccccc1.[BH4-]. The van der Waals surface area contributed by atoms with Crippen LogP contribution in [0.2, 0.25) is 0 Å². The van der Waals surface area contributed by atoms with Gasteiger partial charge in [0.25, 0.3) is 0 Å². The number of hydrogen-bond acceptors (Lipinski definition) is 7. The number of hydrogen-bond donors (Lipinski definition) is 1. The van der Waals surface area contributed by atoms with Crippen LogP contribution in [0.1, 0.15) is 11.1 Å². The van der Waals surface area contributed by atoms with E-state index in [-0.39, 0.29) is 8.41 Å². The first-order valence-corrected chi connectivity index (χ1v) is 22.9. The molecule has 69 heavy (non-hydrogen) atoms. The molecule has 2 N–H and O–H groups in total. The fourth-order valence-corrected chi connectivity index (χ4v) is 9.67. The Balaban J connectivity index is 0.000000140. The number of nitriles is 2. The lowest BCUT2D eigenvalue weighted by Gasteiger charge is -2.15. The second kappa shape index (κ2) is 18.5. The van der Waals surface area contributed by atoms with Gasteiger partial charge in [0.05, 0.1) is 95.5 Å². The minimum Gasteiger partial charge on any atom is -0.399 e. The third-order valence-corrected chi connectivity index (χ3v) is 12.6. The Bertz CT molecular complexity index is 4180. The first-order chi connectivity index (χ1) is 33.4. The molecule has 15 heteroatoms. The summed E-state index contributed by atoms with van der Waals surface area (Å²) in [5.74, 6) is 1.48. The highest BCUT2D eigenvalue weighted by atomic mass is 79.9. The van der Waals surface area contributed by atoms with Crippen molar-refractivity contribution in [3.05, 3.63) is 215 Å². The van der Waals surface area contributed by atoms with Crippen molar-refractivity contribution in [1.29, 1.82) is 10.5 Å². The van der Waals surface area contributed by atoms with Gasteiger partial charge in [0.1, 0.15) is 0 Å². The normalized spacial score (nSPS) is 11.0. The van der Waals surface area contributed by atoms with Crippen LogP contribution in [0.4, 0.5) is 5.69 Å². The number of nitrogens with zero attached hydrogens (tertiary/aromatic N) is 11. The lowest BCUT2D eigenvalue weighted by Crippen LogP contribution is -2.04.